The second-order valence-electron chi connectivity index (χ2n) is 5.33. The zero-order chi connectivity index (χ0) is 19.5. The van der Waals surface area contributed by atoms with Gasteiger partial charge in [0.15, 0.2) is 17.4 Å². The van der Waals surface area contributed by atoms with Crippen molar-refractivity contribution in [1.82, 2.24) is 9.13 Å². The summed E-state index contributed by atoms with van der Waals surface area (Å²) in [6.07, 6.45) is 2.15. The van der Waals surface area contributed by atoms with Crippen molar-refractivity contribution in [3.8, 4) is 11.4 Å². The van der Waals surface area contributed by atoms with Gasteiger partial charge >= 0.3 is 0 Å². The number of nitrogens with zero attached hydrogens (tertiary/aromatic N) is 2. The van der Waals surface area contributed by atoms with Gasteiger partial charge in [0.25, 0.3) is 0 Å². The first-order valence-corrected chi connectivity index (χ1v) is 8.32. The summed E-state index contributed by atoms with van der Waals surface area (Å²) >= 11 is 0. The van der Waals surface area contributed by atoms with Crippen LogP contribution in [0, 0.1) is 0 Å². The van der Waals surface area contributed by atoms with E-state index < -0.39 is 0 Å². The molecule has 0 bridgehead atoms. The van der Waals surface area contributed by atoms with E-state index in [0.29, 0.717) is 0 Å². The molecule has 0 aliphatic heterocycles. The molecule has 4 nitrogen and oxygen atoms in total. The normalized spacial score (nSPS) is 9.63. The second-order valence-corrected chi connectivity index (χ2v) is 5.33. The number of aromatic nitrogens is 2. The molecule has 1 heterocycles. The fraction of sp³-hybridized carbons (Fsp3) is 0.0909. The first-order valence-electron chi connectivity index (χ1n) is 8.90. The van der Waals surface area contributed by atoms with E-state index in [1.54, 1.807) is 6.92 Å². The molecular weight excluding hydrogens is 516 g/mol. The molecule has 5 heteroatoms. The molecule has 141 valence electrons. The number of rotatable bonds is 2. The molecule has 0 saturated heterocycles. The van der Waals surface area contributed by atoms with E-state index in [4.69, 9.17) is 11.3 Å². The van der Waals surface area contributed by atoms with Gasteiger partial charge in [0.1, 0.15) is 19.5 Å². The van der Waals surface area contributed by atoms with Crippen molar-refractivity contribution < 1.29 is 31.4 Å². The molecule has 4 aromatic rings. The molecule has 0 aliphatic carbocycles. The van der Waals surface area contributed by atoms with Crippen molar-refractivity contribution in [3.05, 3.63) is 91.3 Å². The van der Waals surface area contributed by atoms with E-state index >= 15 is 0 Å². The van der Waals surface area contributed by atoms with E-state index in [-0.39, 0.29) is 33.5 Å². The maximum absolute atomic E-state index is 8.47. The summed E-state index contributed by atoms with van der Waals surface area (Å²) < 4.78 is 9.98. The number of aliphatic hydroxyl groups excluding tert-OH is 1. The Balaban J connectivity index is 0.000000502. The van der Waals surface area contributed by atoms with Crippen molar-refractivity contribution >= 4 is 17.8 Å². The SMILES string of the molecule is CCO.[2H]C=O.[Ir].c1ccc(-n2[cH+]n(-c3ccccc3)c3ccccc32)cc1. The van der Waals surface area contributed by atoms with E-state index in [9.17, 15) is 0 Å². The number of carbonyl (C=O) groups excluding carboxylic acids is 1. The van der Waals surface area contributed by atoms with Gasteiger partial charge in [0.05, 0.1) is 0 Å². The first kappa shape index (κ1) is 20.7. The summed E-state index contributed by atoms with van der Waals surface area (Å²) in [6, 6.07) is 29.3. The van der Waals surface area contributed by atoms with Gasteiger partial charge in [-0.2, -0.15) is 9.13 Å². The van der Waals surface area contributed by atoms with Gasteiger partial charge in [-0.15, -0.1) is 0 Å². The molecule has 0 aliphatic rings. The summed E-state index contributed by atoms with van der Waals surface area (Å²) in [5.41, 5.74) is 4.74. The molecule has 0 unspecified atom stereocenters. The van der Waals surface area contributed by atoms with Crippen molar-refractivity contribution in [2.24, 2.45) is 0 Å². The average molecular weight is 541 g/mol. The summed E-state index contributed by atoms with van der Waals surface area (Å²) in [7, 11) is 0. The largest absolute Gasteiger partial charge is 0.397 e. The quantitative estimate of drug-likeness (QED) is 0.381. The Labute approximate surface area is 174 Å². The van der Waals surface area contributed by atoms with Crippen LogP contribution >= 0.6 is 0 Å². The summed E-state index contributed by atoms with van der Waals surface area (Å²) in [5, 5.41) is 7.57. The Morgan fingerprint density at radius 1 is 0.852 bits per heavy atom. The van der Waals surface area contributed by atoms with Gasteiger partial charge in [-0.3, -0.25) is 0 Å². The molecule has 1 aromatic heterocycles. The zero-order valence-corrected chi connectivity index (χ0v) is 17.4. The minimum atomic E-state index is 0. The minimum Gasteiger partial charge on any atom is -0.397 e. The van der Waals surface area contributed by atoms with Crippen molar-refractivity contribution in [3.63, 3.8) is 0 Å². The summed E-state index contributed by atoms with van der Waals surface area (Å²) in [4.78, 5) is 8.47. The molecule has 1 N–H and O–H groups in total. The summed E-state index contributed by atoms with van der Waals surface area (Å²) in [6.45, 7) is 1.93. The molecule has 0 amide bonds. The zero-order valence-electron chi connectivity index (χ0n) is 16.0. The van der Waals surface area contributed by atoms with E-state index in [0.717, 1.165) is 0 Å². The van der Waals surface area contributed by atoms with Crippen LogP contribution in [0.4, 0.5) is 0 Å². The number of benzene rings is 3. The number of hydrogen-bond donors (Lipinski definition) is 1. The van der Waals surface area contributed by atoms with Crippen molar-refractivity contribution in [2.75, 3.05) is 6.61 Å². The van der Waals surface area contributed by atoms with Gasteiger partial charge in [0.2, 0.25) is 0 Å². The van der Waals surface area contributed by atoms with Crippen LogP contribution in [0.5, 0.6) is 0 Å². The number of fused-ring (bicyclic) bond motifs is 1. The van der Waals surface area contributed by atoms with Crippen LogP contribution in [0.15, 0.2) is 91.3 Å². The Kier molecular flexibility index (Phi) is 9.14. The Morgan fingerprint density at radius 3 is 1.48 bits per heavy atom. The van der Waals surface area contributed by atoms with Crippen LogP contribution in [0.25, 0.3) is 22.4 Å². The fourth-order valence-corrected chi connectivity index (χ4v) is 2.70. The molecular formula is C22H23IrN2O2+. The molecule has 0 spiro atoms. The number of para-hydroxylation sites is 4. The molecule has 0 saturated carbocycles. The topological polar surface area (TPSA) is 47.2 Å². The minimum absolute atomic E-state index is 0. The van der Waals surface area contributed by atoms with Crippen molar-refractivity contribution in [2.45, 2.75) is 6.92 Å². The Morgan fingerprint density at radius 2 is 1.15 bits per heavy atom. The van der Waals surface area contributed by atoms with E-state index in [1.807, 2.05) is 12.1 Å². The van der Waals surface area contributed by atoms with Gasteiger partial charge in [-0.1, -0.05) is 48.5 Å². The van der Waals surface area contributed by atoms with Crippen LogP contribution < -0.4 is 0 Å². The molecule has 3 aromatic carbocycles. The third-order valence-electron chi connectivity index (χ3n) is 3.70. The Hall–Kier alpha value is -2.59. The maximum atomic E-state index is 8.47. The fourth-order valence-electron chi connectivity index (χ4n) is 2.70. The average Bonchev–Trinajstić information content (AvgIpc) is 3.10. The second kappa shape index (κ2) is 11.9. The van der Waals surface area contributed by atoms with Crippen LogP contribution in [-0.4, -0.2) is 27.6 Å². The molecule has 27 heavy (non-hydrogen) atoms. The van der Waals surface area contributed by atoms with Crippen LogP contribution in [0.1, 0.15) is 8.29 Å². The number of imidazole rings is 1. The molecule has 0 fully saturated rings. The predicted molar refractivity (Wildman–Crippen MR) is 107 cm³/mol. The first-order chi connectivity index (χ1) is 13.3. The van der Waals surface area contributed by atoms with Gasteiger partial charge < -0.3 is 9.90 Å². The number of hydrogen-bond acceptors (Lipinski definition) is 2. The van der Waals surface area contributed by atoms with Gasteiger partial charge in [0, 0.05) is 38.8 Å². The number of aliphatic hydroxyl groups is 1. The van der Waals surface area contributed by atoms with Crippen LogP contribution in [-0.2, 0) is 24.9 Å². The molecule has 4 rings (SSSR count). The van der Waals surface area contributed by atoms with Gasteiger partial charge in [-0.25, -0.2) is 0 Å². The van der Waals surface area contributed by atoms with Crippen LogP contribution in [0.3, 0.4) is 0 Å². The number of carbonyl (C=O) groups is 1. The monoisotopic (exact) mass is 541 g/mol. The molecule has 0 atom stereocenters. The van der Waals surface area contributed by atoms with Crippen molar-refractivity contribution in [1.29, 1.82) is 0 Å². The third kappa shape index (κ3) is 5.44. The Bertz CT molecular complexity index is 887. The summed E-state index contributed by atoms with van der Waals surface area (Å²) in [5.74, 6) is 0. The van der Waals surface area contributed by atoms with Gasteiger partial charge in [-0.05, 0) is 31.2 Å². The standard InChI is InChI=1S/C19H15N2.C2H6O.CH2O.Ir/c1-3-9-16(10-4-1)20-15-21(17-11-5-2-6-12-17)19-14-8-7-13-18(19)20;1-2-3;1-2;/h1-15H;3H,2H2,1H3;1H2;/q+1;;;/i;;1D;. The third-order valence-corrected chi connectivity index (χ3v) is 3.70. The van der Waals surface area contributed by atoms with Crippen LogP contribution in [0.2, 0.25) is 0 Å². The molecule has 1 radical (unpaired) electrons. The predicted octanol–water partition coefficient (Wildman–Crippen LogP) is 4.51. The van der Waals surface area contributed by atoms with E-state index in [1.165, 1.54) is 22.4 Å². The maximum Gasteiger partial charge on any atom is 0.168 e. The van der Waals surface area contributed by atoms with E-state index in [2.05, 4.69) is 88.3 Å². The smallest absolute Gasteiger partial charge is 0.168 e.